The third kappa shape index (κ3) is 5.66. The number of nitrogens with one attached hydrogen (secondary N) is 1. The standard InChI is InChI=1S/C12H17NO2S/c1-2-3-7-10-16-13-12(14)15-11-8-5-4-6-9-11/h4-6,8-9H,2-3,7,10H2,1H3,(H,13,14). The molecule has 88 valence electrons. The maximum Gasteiger partial charge on any atom is 0.422 e. The highest BCUT2D eigenvalue weighted by Crippen LogP contribution is 2.09. The molecule has 3 nitrogen and oxygen atoms in total. The first-order valence-corrected chi connectivity index (χ1v) is 6.46. The molecule has 4 heteroatoms. The molecular formula is C12H17NO2S. The summed E-state index contributed by atoms with van der Waals surface area (Å²) in [6.45, 7) is 2.15. The van der Waals surface area contributed by atoms with E-state index in [-0.39, 0.29) is 0 Å². The highest BCUT2D eigenvalue weighted by Gasteiger charge is 2.02. The average molecular weight is 239 g/mol. The van der Waals surface area contributed by atoms with E-state index >= 15 is 0 Å². The van der Waals surface area contributed by atoms with Gasteiger partial charge in [0.05, 0.1) is 0 Å². The molecule has 0 radical (unpaired) electrons. The van der Waals surface area contributed by atoms with E-state index < -0.39 is 6.09 Å². The van der Waals surface area contributed by atoms with Crippen molar-refractivity contribution in [3.05, 3.63) is 30.3 Å². The Hall–Kier alpha value is -1.16. The van der Waals surface area contributed by atoms with Crippen LogP contribution in [0.15, 0.2) is 30.3 Å². The van der Waals surface area contributed by atoms with Crippen molar-refractivity contribution in [1.29, 1.82) is 0 Å². The van der Waals surface area contributed by atoms with Crippen LogP contribution in [-0.4, -0.2) is 11.8 Å². The van der Waals surface area contributed by atoms with Crippen LogP contribution in [0.3, 0.4) is 0 Å². The zero-order valence-corrected chi connectivity index (χ0v) is 10.3. The summed E-state index contributed by atoms with van der Waals surface area (Å²) in [7, 11) is 0. The number of rotatable bonds is 6. The van der Waals surface area contributed by atoms with Crippen molar-refractivity contribution >= 4 is 18.0 Å². The van der Waals surface area contributed by atoms with Crippen molar-refractivity contribution in [2.24, 2.45) is 0 Å². The summed E-state index contributed by atoms with van der Waals surface area (Å²) in [6.07, 6.45) is 3.09. The summed E-state index contributed by atoms with van der Waals surface area (Å²) in [6, 6.07) is 9.04. The molecule has 1 aromatic carbocycles. The lowest BCUT2D eigenvalue weighted by atomic mass is 10.3. The van der Waals surface area contributed by atoms with Gasteiger partial charge in [0.25, 0.3) is 0 Å². The number of hydrogen-bond donors (Lipinski definition) is 1. The number of ether oxygens (including phenoxy) is 1. The van der Waals surface area contributed by atoms with Gasteiger partial charge >= 0.3 is 6.09 Å². The SMILES string of the molecule is CCCCCSNC(=O)Oc1ccccc1. The van der Waals surface area contributed by atoms with Gasteiger partial charge in [0.15, 0.2) is 0 Å². The average Bonchev–Trinajstić information content (AvgIpc) is 2.30. The topological polar surface area (TPSA) is 38.3 Å². The predicted molar refractivity (Wildman–Crippen MR) is 67.6 cm³/mol. The second-order valence-electron chi connectivity index (χ2n) is 3.36. The number of carbonyl (C=O) groups is 1. The number of para-hydroxylation sites is 1. The van der Waals surface area contributed by atoms with E-state index in [9.17, 15) is 4.79 Å². The van der Waals surface area contributed by atoms with Gasteiger partial charge in [0.1, 0.15) is 5.75 Å². The van der Waals surface area contributed by atoms with Gasteiger partial charge < -0.3 is 4.74 Å². The molecule has 0 aliphatic carbocycles. The maximum atomic E-state index is 11.3. The van der Waals surface area contributed by atoms with Crippen molar-refractivity contribution in [2.75, 3.05) is 5.75 Å². The highest BCUT2D eigenvalue weighted by atomic mass is 32.2. The number of benzene rings is 1. The van der Waals surface area contributed by atoms with Crippen molar-refractivity contribution in [1.82, 2.24) is 4.72 Å². The molecule has 16 heavy (non-hydrogen) atoms. The molecule has 0 bridgehead atoms. The Kier molecular flexibility index (Phi) is 6.49. The summed E-state index contributed by atoms with van der Waals surface area (Å²) >= 11 is 1.40. The molecule has 0 heterocycles. The molecule has 0 aromatic heterocycles. The van der Waals surface area contributed by atoms with Crippen LogP contribution in [0.4, 0.5) is 4.79 Å². The molecule has 0 spiro atoms. The molecule has 1 amide bonds. The Bertz CT molecular complexity index is 303. The fraction of sp³-hybridized carbons (Fsp3) is 0.417. The lowest BCUT2D eigenvalue weighted by Gasteiger charge is -2.05. The number of carbonyl (C=O) groups excluding carboxylic acids is 1. The molecule has 1 rings (SSSR count). The third-order valence-corrected chi connectivity index (χ3v) is 2.76. The van der Waals surface area contributed by atoms with Gasteiger partial charge in [-0.1, -0.05) is 38.0 Å². The van der Waals surface area contributed by atoms with Gasteiger partial charge in [0, 0.05) is 5.75 Å². The normalized spacial score (nSPS) is 9.81. The second-order valence-corrected chi connectivity index (χ2v) is 4.26. The fourth-order valence-electron chi connectivity index (χ4n) is 1.15. The number of unbranched alkanes of at least 4 members (excludes halogenated alkanes) is 2. The van der Waals surface area contributed by atoms with Crippen LogP contribution < -0.4 is 9.46 Å². The maximum absolute atomic E-state index is 11.3. The fourth-order valence-corrected chi connectivity index (χ4v) is 1.76. The van der Waals surface area contributed by atoms with Gasteiger partial charge in [-0.3, -0.25) is 4.72 Å². The van der Waals surface area contributed by atoms with Gasteiger partial charge in [0.2, 0.25) is 0 Å². The lowest BCUT2D eigenvalue weighted by Crippen LogP contribution is -2.20. The summed E-state index contributed by atoms with van der Waals surface area (Å²) in [5.41, 5.74) is 0. The molecule has 0 atom stereocenters. The Morgan fingerprint density at radius 3 is 2.75 bits per heavy atom. The Morgan fingerprint density at radius 1 is 1.31 bits per heavy atom. The van der Waals surface area contributed by atoms with Crippen molar-refractivity contribution in [3.8, 4) is 5.75 Å². The van der Waals surface area contributed by atoms with Crippen LogP contribution >= 0.6 is 11.9 Å². The van der Waals surface area contributed by atoms with E-state index in [4.69, 9.17) is 4.74 Å². The van der Waals surface area contributed by atoms with Crippen molar-refractivity contribution < 1.29 is 9.53 Å². The summed E-state index contributed by atoms with van der Waals surface area (Å²) < 4.78 is 7.70. The molecule has 1 aromatic rings. The minimum Gasteiger partial charge on any atom is -0.410 e. The Balaban J connectivity index is 2.12. The van der Waals surface area contributed by atoms with E-state index in [1.165, 1.54) is 24.8 Å². The van der Waals surface area contributed by atoms with Crippen LogP contribution in [0, 0.1) is 0 Å². The van der Waals surface area contributed by atoms with Crippen LogP contribution in [0.5, 0.6) is 5.75 Å². The van der Waals surface area contributed by atoms with E-state index in [2.05, 4.69) is 11.6 Å². The van der Waals surface area contributed by atoms with E-state index in [1.54, 1.807) is 12.1 Å². The summed E-state index contributed by atoms with van der Waals surface area (Å²) in [4.78, 5) is 11.3. The van der Waals surface area contributed by atoms with E-state index in [0.717, 1.165) is 12.2 Å². The predicted octanol–water partition coefficient (Wildman–Crippen LogP) is 3.61. The van der Waals surface area contributed by atoms with Gasteiger partial charge in [-0.05, 0) is 30.5 Å². The van der Waals surface area contributed by atoms with Gasteiger partial charge in [-0.25, -0.2) is 4.79 Å². The largest absolute Gasteiger partial charge is 0.422 e. The Labute approximate surface area is 101 Å². The minimum atomic E-state index is -0.410. The smallest absolute Gasteiger partial charge is 0.410 e. The zero-order chi connectivity index (χ0) is 11.6. The van der Waals surface area contributed by atoms with Gasteiger partial charge in [-0.2, -0.15) is 0 Å². The third-order valence-electron chi connectivity index (χ3n) is 1.96. The van der Waals surface area contributed by atoms with Crippen LogP contribution in [0.1, 0.15) is 26.2 Å². The number of hydrogen-bond acceptors (Lipinski definition) is 3. The van der Waals surface area contributed by atoms with Crippen molar-refractivity contribution in [2.45, 2.75) is 26.2 Å². The molecular weight excluding hydrogens is 222 g/mol. The molecule has 0 saturated carbocycles. The van der Waals surface area contributed by atoms with Crippen LogP contribution in [-0.2, 0) is 0 Å². The number of amides is 1. The van der Waals surface area contributed by atoms with E-state index in [0.29, 0.717) is 5.75 Å². The van der Waals surface area contributed by atoms with Gasteiger partial charge in [-0.15, -0.1) is 0 Å². The summed E-state index contributed by atoms with van der Waals surface area (Å²) in [5.74, 6) is 1.49. The molecule has 1 N–H and O–H groups in total. The van der Waals surface area contributed by atoms with Crippen LogP contribution in [0.25, 0.3) is 0 Å². The first kappa shape index (κ1) is 12.9. The molecule has 0 fully saturated rings. The molecule has 0 unspecified atom stereocenters. The monoisotopic (exact) mass is 239 g/mol. The summed E-state index contributed by atoms with van der Waals surface area (Å²) in [5, 5.41) is 0. The molecule has 0 aliphatic rings. The van der Waals surface area contributed by atoms with Crippen LogP contribution in [0.2, 0.25) is 0 Å². The Morgan fingerprint density at radius 2 is 2.06 bits per heavy atom. The minimum absolute atomic E-state index is 0.410. The highest BCUT2D eigenvalue weighted by molar-refractivity contribution is 7.97. The van der Waals surface area contributed by atoms with E-state index in [1.807, 2.05) is 18.2 Å². The first-order valence-electron chi connectivity index (χ1n) is 5.47. The molecule has 0 aliphatic heterocycles. The zero-order valence-electron chi connectivity index (χ0n) is 9.44. The molecule has 0 saturated heterocycles. The quantitative estimate of drug-likeness (QED) is 0.608. The van der Waals surface area contributed by atoms with Crippen molar-refractivity contribution in [3.63, 3.8) is 0 Å². The first-order chi connectivity index (χ1) is 7.83. The second kappa shape index (κ2) is 8.05. The lowest BCUT2D eigenvalue weighted by molar-refractivity contribution is 0.207.